The molecule has 0 bridgehead atoms. The average molecular weight is 256 g/mol. The van der Waals surface area contributed by atoms with E-state index in [-0.39, 0.29) is 10.9 Å². The lowest BCUT2D eigenvalue weighted by molar-refractivity contribution is 0.417. The standard InChI is InChI=1S/C11H11ClFN3O/c1-6-10(7(2)16(3)15-6)17-11-9(13)4-8(12)5-14-11/h4-5H,1-3H3. The second-order valence-electron chi connectivity index (χ2n) is 3.67. The van der Waals surface area contributed by atoms with Gasteiger partial charge >= 0.3 is 0 Å². The minimum Gasteiger partial charge on any atom is -0.433 e. The van der Waals surface area contributed by atoms with Crippen molar-refractivity contribution >= 4 is 11.6 Å². The van der Waals surface area contributed by atoms with Gasteiger partial charge in [-0.25, -0.2) is 9.37 Å². The van der Waals surface area contributed by atoms with Crippen LogP contribution in [0, 0.1) is 19.7 Å². The minimum absolute atomic E-state index is 0.103. The SMILES string of the molecule is Cc1nn(C)c(C)c1Oc1ncc(Cl)cc1F. The van der Waals surface area contributed by atoms with Gasteiger partial charge in [0.1, 0.15) is 5.69 Å². The number of ether oxygens (including phenoxy) is 1. The van der Waals surface area contributed by atoms with Gasteiger partial charge in [0.05, 0.1) is 10.7 Å². The largest absolute Gasteiger partial charge is 0.433 e. The Morgan fingerprint density at radius 3 is 2.65 bits per heavy atom. The van der Waals surface area contributed by atoms with Crippen LogP contribution >= 0.6 is 11.6 Å². The van der Waals surface area contributed by atoms with Gasteiger partial charge in [-0.2, -0.15) is 5.10 Å². The van der Waals surface area contributed by atoms with Crippen molar-refractivity contribution in [3.63, 3.8) is 0 Å². The molecule has 0 radical (unpaired) electrons. The summed E-state index contributed by atoms with van der Waals surface area (Å²) >= 11 is 5.61. The summed E-state index contributed by atoms with van der Waals surface area (Å²) in [4.78, 5) is 3.80. The van der Waals surface area contributed by atoms with Crippen molar-refractivity contribution < 1.29 is 9.13 Å². The Labute approximate surface area is 103 Å². The Bertz CT molecular complexity index is 568. The predicted molar refractivity (Wildman–Crippen MR) is 62.0 cm³/mol. The minimum atomic E-state index is -0.597. The Kier molecular flexibility index (Phi) is 3.02. The van der Waals surface area contributed by atoms with E-state index in [1.165, 1.54) is 6.20 Å². The van der Waals surface area contributed by atoms with E-state index in [1.807, 2.05) is 6.92 Å². The highest BCUT2D eigenvalue weighted by Gasteiger charge is 2.15. The Morgan fingerprint density at radius 1 is 1.41 bits per heavy atom. The van der Waals surface area contributed by atoms with Crippen molar-refractivity contribution in [2.45, 2.75) is 13.8 Å². The summed E-state index contributed by atoms with van der Waals surface area (Å²) in [6.07, 6.45) is 1.33. The van der Waals surface area contributed by atoms with Gasteiger partial charge in [-0.15, -0.1) is 0 Å². The molecule has 6 heteroatoms. The molecule has 0 spiro atoms. The number of hydrogen-bond acceptors (Lipinski definition) is 3. The third kappa shape index (κ3) is 2.24. The molecular weight excluding hydrogens is 245 g/mol. The van der Waals surface area contributed by atoms with E-state index in [0.29, 0.717) is 11.4 Å². The summed E-state index contributed by atoms with van der Waals surface area (Å²) in [5.41, 5.74) is 1.49. The number of nitrogens with zero attached hydrogens (tertiary/aromatic N) is 3. The van der Waals surface area contributed by atoms with Crippen molar-refractivity contribution in [2.24, 2.45) is 7.05 Å². The molecule has 0 fully saturated rings. The second-order valence-corrected chi connectivity index (χ2v) is 4.10. The normalized spacial score (nSPS) is 10.6. The molecule has 0 amide bonds. The van der Waals surface area contributed by atoms with E-state index in [9.17, 15) is 4.39 Å². The van der Waals surface area contributed by atoms with Gasteiger partial charge in [0.25, 0.3) is 5.88 Å². The Hall–Kier alpha value is -1.62. The highest BCUT2D eigenvalue weighted by molar-refractivity contribution is 6.30. The van der Waals surface area contributed by atoms with Crippen LogP contribution in [0.25, 0.3) is 0 Å². The van der Waals surface area contributed by atoms with Crippen LogP contribution in [0.2, 0.25) is 5.02 Å². The first-order valence-electron chi connectivity index (χ1n) is 4.98. The average Bonchev–Trinajstić information content (AvgIpc) is 2.48. The van der Waals surface area contributed by atoms with Crippen LogP contribution < -0.4 is 4.74 Å². The zero-order valence-electron chi connectivity index (χ0n) is 9.66. The predicted octanol–water partition coefficient (Wildman–Crippen LogP) is 3.02. The number of rotatable bonds is 2. The van der Waals surface area contributed by atoms with E-state index in [1.54, 1.807) is 18.7 Å². The van der Waals surface area contributed by atoms with Crippen LogP contribution in [0.3, 0.4) is 0 Å². The van der Waals surface area contributed by atoms with Crippen molar-refractivity contribution in [2.75, 3.05) is 0 Å². The van der Waals surface area contributed by atoms with E-state index in [4.69, 9.17) is 16.3 Å². The topological polar surface area (TPSA) is 39.9 Å². The van der Waals surface area contributed by atoms with E-state index in [2.05, 4.69) is 10.1 Å². The Morgan fingerprint density at radius 2 is 2.12 bits per heavy atom. The lowest BCUT2D eigenvalue weighted by Gasteiger charge is -2.05. The molecule has 0 saturated heterocycles. The molecule has 0 saturated carbocycles. The lowest BCUT2D eigenvalue weighted by Crippen LogP contribution is -1.95. The van der Waals surface area contributed by atoms with Crippen molar-refractivity contribution in [3.05, 3.63) is 34.5 Å². The molecule has 0 N–H and O–H groups in total. The van der Waals surface area contributed by atoms with Crippen LogP contribution in [0.5, 0.6) is 11.6 Å². The quantitative estimate of drug-likeness (QED) is 0.828. The fourth-order valence-corrected chi connectivity index (χ4v) is 1.62. The number of hydrogen-bond donors (Lipinski definition) is 0. The zero-order chi connectivity index (χ0) is 12.6. The van der Waals surface area contributed by atoms with Gasteiger partial charge in [-0.1, -0.05) is 11.6 Å². The molecule has 0 aliphatic rings. The van der Waals surface area contributed by atoms with Gasteiger partial charge in [0.15, 0.2) is 11.6 Å². The Balaban J connectivity index is 2.38. The first-order valence-corrected chi connectivity index (χ1v) is 5.36. The van der Waals surface area contributed by atoms with E-state index in [0.717, 1.165) is 11.8 Å². The molecule has 0 aliphatic heterocycles. The molecule has 2 heterocycles. The molecule has 0 unspecified atom stereocenters. The number of pyridine rings is 1. The van der Waals surface area contributed by atoms with Gasteiger partial charge in [-0.05, 0) is 19.9 Å². The molecule has 2 aromatic heterocycles. The second kappa shape index (κ2) is 4.33. The monoisotopic (exact) mass is 255 g/mol. The van der Waals surface area contributed by atoms with Crippen LogP contribution in [0.4, 0.5) is 4.39 Å². The molecule has 4 nitrogen and oxygen atoms in total. The maximum absolute atomic E-state index is 13.5. The molecular formula is C11H11ClFN3O. The maximum Gasteiger partial charge on any atom is 0.256 e. The summed E-state index contributed by atoms with van der Waals surface area (Å²) in [6.45, 7) is 3.62. The summed E-state index contributed by atoms with van der Waals surface area (Å²) in [7, 11) is 1.79. The van der Waals surface area contributed by atoms with Gasteiger partial charge < -0.3 is 4.74 Å². The van der Waals surface area contributed by atoms with Crippen LogP contribution in [-0.2, 0) is 7.05 Å². The van der Waals surface area contributed by atoms with Gasteiger partial charge in [0.2, 0.25) is 0 Å². The lowest BCUT2D eigenvalue weighted by atomic mass is 10.3. The maximum atomic E-state index is 13.5. The summed E-state index contributed by atoms with van der Waals surface area (Å²) < 4.78 is 20.6. The first kappa shape index (κ1) is 11.9. The smallest absolute Gasteiger partial charge is 0.256 e. The van der Waals surface area contributed by atoms with Gasteiger partial charge in [0, 0.05) is 13.2 Å². The molecule has 2 rings (SSSR count). The first-order chi connectivity index (χ1) is 7.99. The number of aryl methyl sites for hydroxylation is 2. The van der Waals surface area contributed by atoms with Crippen molar-refractivity contribution in [3.8, 4) is 11.6 Å². The number of aromatic nitrogens is 3. The zero-order valence-corrected chi connectivity index (χ0v) is 10.4. The van der Waals surface area contributed by atoms with E-state index < -0.39 is 5.82 Å². The van der Waals surface area contributed by atoms with E-state index >= 15 is 0 Å². The van der Waals surface area contributed by atoms with Crippen LogP contribution in [0.1, 0.15) is 11.4 Å². The van der Waals surface area contributed by atoms with Gasteiger partial charge in [-0.3, -0.25) is 4.68 Å². The fraction of sp³-hybridized carbons (Fsp3) is 0.273. The molecule has 2 aromatic rings. The summed E-state index contributed by atoms with van der Waals surface area (Å²) in [6, 6.07) is 1.16. The fourth-order valence-electron chi connectivity index (χ4n) is 1.48. The molecule has 90 valence electrons. The third-order valence-corrected chi connectivity index (χ3v) is 2.62. The molecule has 17 heavy (non-hydrogen) atoms. The third-order valence-electron chi connectivity index (χ3n) is 2.42. The molecule has 0 aliphatic carbocycles. The molecule has 0 atom stereocenters. The summed E-state index contributed by atoms with van der Waals surface area (Å²) in [5, 5.41) is 4.40. The summed E-state index contributed by atoms with van der Waals surface area (Å²) in [5.74, 6) is -0.185. The highest BCUT2D eigenvalue weighted by atomic mass is 35.5. The van der Waals surface area contributed by atoms with Crippen LogP contribution in [-0.4, -0.2) is 14.8 Å². The highest BCUT2D eigenvalue weighted by Crippen LogP contribution is 2.28. The molecule has 0 aromatic carbocycles. The number of halogens is 2. The van der Waals surface area contributed by atoms with Crippen LogP contribution in [0.15, 0.2) is 12.3 Å². The van der Waals surface area contributed by atoms with Crippen molar-refractivity contribution in [1.82, 2.24) is 14.8 Å². The van der Waals surface area contributed by atoms with Crippen molar-refractivity contribution in [1.29, 1.82) is 0 Å².